The zero-order chi connectivity index (χ0) is 29.1. The highest BCUT2D eigenvalue weighted by Gasteiger charge is 2.32. The Morgan fingerprint density at radius 1 is 0.667 bits per heavy atom. The Hall–Kier alpha value is -4.21. The number of imidazole rings is 1. The molecule has 5 aromatic carbocycles. The van der Waals surface area contributed by atoms with Crippen LogP contribution in [0, 0.1) is 6.92 Å². The monoisotopic (exact) mass is 565 g/mol. The van der Waals surface area contributed by atoms with Crippen molar-refractivity contribution in [1.82, 2.24) is 4.57 Å². The Morgan fingerprint density at radius 2 is 1.36 bits per heavy atom. The molecule has 0 saturated heterocycles. The number of hydrogen-bond acceptors (Lipinski definition) is 1. The molecule has 0 radical (unpaired) electrons. The van der Waals surface area contributed by atoms with E-state index in [1.54, 1.807) is 0 Å². The quantitative estimate of drug-likeness (QED) is 0.184. The van der Waals surface area contributed by atoms with Gasteiger partial charge in [-0.3, -0.25) is 0 Å². The van der Waals surface area contributed by atoms with Crippen LogP contribution in [-0.2, 0) is 7.05 Å². The largest absolute Gasteiger partial charge is 0.296 e. The second kappa shape index (κ2) is 10.3. The average Bonchev–Trinajstić information content (AvgIpc) is 3.51. The van der Waals surface area contributed by atoms with Crippen molar-refractivity contribution in [3.63, 3.8) is 0 Å². The van der Waals surface area contributed by atoms with E-state index in [1.165, 1.54) is 76.1 Å². The van der Waals surface area contributed by atoms with Gasteiger partial charge in [-0.15, -0.1) is 11.3 Å². The molecule has 7 rings (SSSR count). The van der Waals surface area contributed by atoms with Gasteiger partial charge in [-0.05, 0) is 59.7 Å². The molecule has 7 aromatic rings. The number of para-hydroxylation sites is 3. The van der Waals surface area contributed by atoms with Gasteiger partial charge in [0.2, 0.25) is 0 Å². The lowest BCUT2D eigenvalue weighted by atomic mass is 9.92. The standard InChI is InChI=1S/C39H37N2S/c1-24(2)29-15-12-16-30(25(3)4)37(29)41-34-18-11-10-17-33(34)40(6)39(41)36-26(5)19-21-31-32-23-28(27-13-8-7-9-14-27)20-22-35(32)42-38(31)36/h7-25H,1-6H3/q+1. The number of benzene rings is 5. The number of fused-ring (bicyclic) bond motifs is 4. The molecule has 0 bridgehead atoms. The van der Waals surface area contributed by atoms with Gasteiger partial charge in [0.05, 0.1) is 17.3 Å². The van der Waals surface area contributed by atoms with E-state index >= 15 is 0 Å². The Morgan fingerprint density at radius 3 is 2.07 bits per heavy atom. The van der Waals surface area contributed by atoms with E-state index in [0.29, 0.717) is 11.8 Å². The van der Waals surface area contributed by atoms with Crippen LogP contribution in [0.2, 0.25) is 0 Å². The van der Waals surface area contributed by atoms with E-state index in [9.17, 15) is 0 Å². The minimum absolute atomic E-state index is 0.399. The number of nitrogens with zero attached hydrogens (tertiary/aromatic N) is 2. The minimum Gasteiger partial charge on any atom is -0.225 e. The number of aryl methyl sites for hydroxylation is 2. The van der Waals surface area contributed by atoms with Crippen LogP contribution in [0.3, 0.4) is 0 Å². The summed E-state index contributed by atoms with van der Waals surface area (Å²) in [5, 5.41) is 2.65. The molecule has 0 unspecified atom stereocenters. The SMILES string of the molecule is Cc1ccc2c(sc3ccc(-c4ccccc4)cc32)c1-c1n(-c2c(C(C)C)cccc2C(C)C)c2ccccc2[n+]1C. The van der Waals surface area contributed by atoms with Crippen molar-refractivity contribution in [2.24, 2.45) is 7.05 Å². The summed E-state index contributed by atoms with van der Waals surface area (Å²) in [6.07, 6.45) is 0. The fourth-order valence-corrected chi connectivity index (χ4v) is 7.89. The lowest BCUT2D eigenvalue weighted by Crippen LogP contribution is -2.30. The first-order valence-corrected chi connectivity index (χ1v) is 15.8. The number of aromatic nitrogens is 2. The Labute approximate surface area is 252 Å². The third-order valence-electron chi connectivity index (χ3n) is 8.76. The zero-order valence-electron chi connectivity index (χ0n) is 25.3. The van der Waals surface area contributed by atoms with Crippen LogP contribution in [0.4, 0.5) is 0 Å². The number of rotatable bonds is 5. The van der Waals surface area contributed by atoms with Crippen LogP contribution >= 0.6 is 11.3 Å². The molecule has 0 atom stereocenters. The maximum Gasteiger partial charge on any atom is 0.296 e. The van der Waals surface area contributed by atoms with Gasteiger partial charge in [-0.2, -0.15) is 4.57 Å². The summed E-state index contributed by atoms with van der Waals surface area (Å²) in [5.74, 6) is 2.04. The topological polar surface area (TPSA) is 8.81 Å². The maximum absolute atomic E-state index is 2.57. The molecule has 2 heterocycles. The van der Waals surface area contributed by atoms with Gasteiger partial charge in [0, 0.05) is 26.6 Å². The molecule has 0 fully saturated rings. The summed E-state index contributed by atoms with van der Waals surface area (Å²) < 4.78 is 7.66. The minimum atomic E-state index is 0.399. The summed E-state index contributed by atoms with van der Waals surface area (Å²) in [6.45, 7) is 11.5. The van der Waals surface area contributed by atoms with Gasteiger partial charge >= 0.3 is 0 Å². The molecule has 208 valence electrons. The van der Waals surface area contributed by atoms with Crippen molar-refractivity contribution in [3.05, 3.63) is 120 Å². The van der Waals surface area contributed by atoms with E-state index < -0.39 is 0 Å². The van der Waals surface area contributed by atoms with Crippen LogP contribution in [0.25, 0.3) is 59.4 Å². The van der Waals surface area contributed by atoms with E-state index in [-0.39, 0.29) is 0 Å². The van der Waals surface area contributed by atoms with Crippen LogP contribution < -0.4 is 4.57 Å². The Kier molecular flexibility index (Phi) is 6.51. The lowest BCUT2D eigenvalue weighted by molar-refractivity contribution is -0.633. The first kappa shape index (κ1) is 26.7. The molecule has 3 heteroatoms. The second-order valence-corrected chi connectivity index (χ2v) is 13.2. The lowest BCUT2D eigenvalue weighted by Gasteiger charge is -2.18. The van der Waals surface area contributed by atoms with Crippen LogP contribution in [-0.4, -0.2) is 4.57 Å². The van der Waals surface area contributed by atoms with Crippen molar-refractivity contribution in [3.8, 4) is 28.2 Å². The van der Waals surface area contributed by atoms with Crippen LogP contribution in [0.15, 0.2) is 103 Å². The molecule has 0 N–H and O–H groups in total. The fourth-order valence-electron chi connectivity index (χ4n) is 6.62. The van der Waals surface area contributed by atoms with Gasteiger partial charge in [0.25, 0.3) is 5.82 Å². The molecule has 2 nitrogen and oxygen atoms in total. The first-order valence-electron chi connectivity index (χ1n) is 15.0. The van der Waals surface area contributed by atoms with Crippen molar-refractivity contribution in [2.45, 2.75) is 46.5 Å². The first-order chi connectivity index (χ1) is 20.3. The third-order valence-corrected chi connectivity index (χ3v) is 9.96. The van der Waals surface area contributed by atoms with Gasteiger partial charge < -0.3 is 0 Å². The van der Waals surface area contributed by atoms with Crippen molar-refractivity contribution in [1.29, 1.82) is 0 Å². The van der Waals surface area contributed by atoms with Gasteiger partial charge in [-0.25, -0.2) is 4.57 Å². The summed E-state index contributed by atoms with van der Waals surface area (Å²) in [6, 6.07) is 38.1. The maximum atomic E-state index is 2.57. The molecular formula is C39H37N2S+. The van der Waals surface area contributed by atoms with Crippen molar-refractivity contribution >= 4 is 42.5 Å². The highest BCUT2D eigenvalue weighted by molar-refractivity contribution is 7.26. The van der Waals surface area contributed by atoms with Crippen molar-refractivity contribution in [2.75, 3.05) is 0 Å². The smallest absolute Gasteiger partial charge is 0.225 e. The predicted octanol–water partition coefficient (Wildman–Crippen LogP) is 10.7. The molecule has 0 spiro atoms. The van der Waals surface area contributed by atoms with E-state index in [0.717, 1.165) is 0 Å². The van der Waals surface area contributed by atoms with Crippen LogP contribution in [0.5, 0.6) is 0 Å². The summed E-state index contributed by atoms with van der Waals surface area (Å²) in [4.78, 5) is 0. The number of hydrogen-bond donors (Lipinski definition) is 0. The molecule has 0 aliphatic rings. The molecule has 0 aliphatic heterocycles. The fraction of sp³-hybridized carbons (Fsp3) is 0.205. The summed E-state index contributed by atoms with van der Waals surface area (Å²) in [7, 11) is 2.24. The molecular weight excluding hydrogens is 529 g/mol. The zero-order valence-corrected chi connectivity index (χ0v) is 26.1. The highest BCUT2D eigenvalue weighted by atomic mass is 32.1. The third kappa shape index (κ3) is 4.10. The van der Waals surface area contributed by atoms with Gasteiger partial charge in [0.15, 0.2) is 11.0 Å². The molecule has 0 aliphatic carbocycles. The van der Waals surface area contributed by atoms with E-state index in [4.69, 9.17) is 0 Å². The van der Waals surface area contributed by atoms with Crippen molar-refractivity contribution < 1.29 is 4.57 Å². The molecule has 42 heavy (non-hydrogen) atoms. The van der Waals surface area contributed by atoms with Gasteiger partial charge in [-0.1, -0.05) is 107 Å². The van der Waals surface area contributed by atoms with E-state index in [2.05, 4.69) is 154 Å². The summed E-state index contributed by atoms with van der Waals surface area (Å²) in [5.41, 5.74) is 11.7. The molecule has 0 amide bonds. The normalized spacial score (nSPS) is 12.0. The second-order valence-electron chi connectivity index (χ2n) is 12.1. The van der Waals surface area contributed by atoms with Crippen LogP contribution in [0.1, 0.15) is 56.2 Å². The van der Waals surface area contributed by atoms with Gasteiger partial charge in [0.1, 0.15) is 5.69 Å². The molecule has 0 saturated carbocycles. The predicted molar refractivity (Wildman–Crippen MR) is 181 cm³/mol. The summed E-state index contributed by atoms with van der Waals surface area (Å²) >= 11 is 1.92. The average molecular weight is 566 g/mol. The highest BCUT2D eigenvalue weighted by Crippen LogP contribution is 2.44. The number of thiophene rings is 1. The molecule has 2 aromatic heterocycles. The Balaban J connectivity index is 1.60. The Bertz CT molecular complexity index is 2080. The van der Waals surface area contributed by atoms with E-state index in [1.807, 2.05) is 11.3 Å².